The van der Waals surface area contributed by atoms with Crippen molar-refractivity contribution in [2.75, 3.05) is 0 Å². The van der Waals surface area contributed by atoms with Crippen LogP contribution in [0.1, 0.15) is 37.9 Å². The molecule has 2 heteroatoms. The SMILES string of the molecule is CC(C)(C)[C@@H](N=Cc1ccccc1O)c1ccccc1. The summed E-state index contributed by atoms with van der Waals surface area (Å²) in [7, 11) is 0. The Morgan fingerprint density at radius 1 is 0.950 bits per heavy atom. The summed E-state index contributed by atoms with van der Waals surface area (Å²) in [5.74, 6) is 0.261. The summed E-state index contributed by atoms with van der Waals surface area (Å²) in [6, 6.07) is 17.6. The van der Waals surface area contributed by atoms with E-state index in [9.17, 15) is 5.11 Å². The molecule has 0 aliphatic carbocycles. The number of phenolic OH excluding ortho intramolecular Hbond substituents is 1. The Morgan fingerprint density at radius 2 is 1.55 bits per heavy atom. The molecular weight excluding hydrogens is 246 g/mol. The van der Waals surface area contributed by atoms with Crippen molar-refractivity contribution in [3.8, 4) is 5.75 Å². The lowest BCUT2D eigenvalue weighted by Crippen LogP contribution is -2.16. The fourth-order valence-electron chi connectivity index (χ4n) is 2.20. The van der Waals surface area contributed by atoms with Crippen LogP contribution in [0.5, 0.6) is 5.75 Å². The van der Waals surface area contributed by atoms with E-state index in [-0.39, 0.29) is 17.2 Å². The Kier molecular flexibility index (Phi) is 4.23. The molecule has 0 saturated heterocycles. The lowest BCUT2D eigenvalue weighted by atomic mass is 9.83. The van der Waals surface area contributed by atoms with Gasteiger partial charge in [0.1, 0.15) is 5.75 Å². The second-order valence-corrected chi connectivity index (χ2v) is 6.02. The summed E-state index contributed by atoms with van der Waals surface area (Å²) in [6.45, 7) is 6.52. The highest BCUT2D eigenvalue weighted by Crippen LogP contribution is 2.36. The summed E-state index contributed by atoms with van der Waals surface area (Å²) < 4.78 is 0. The van der Waals surface area contributed by atoms with Gasteiger partial charge in [-0.3, -0.25) is 4.99 Å². The molecule has 2 aromatic carbocycles. The van der Waals surface area contributed by atoms with Crippen molar-refractivity contribution in [1.82, 2.24) is 0 Å². The minimum atomic E-state index is 0.0161. The molecule has 0 aromatic heterocycles. The van der Waals surface area contributed by atoms with Crippen LogP contribution < -0.4 is 0 Å². The maximum Gasteiger partial charge on any atom is 0.124 e. The second-order valence-electron chi connectivity index (χ2n) is 6.02. The molecule has 1 atom stereocenters. The van der Waals surface area contributed by atoms with E-state index in [1.54, 1.807) is 12.3 Å². The van der Waals surface area contributed by atoms with Gasteiger partial charge >= 0.3 is 0 Å². The summed E-state index contributed by atoms with van der Waals surface area (Å²) in [4.78, 5) is 4.71. The average molecular weight is 267 g/mol. The Hall–Kier alpha value is -2.09. The first-order chi connectivity index (χ1) is 9.48. The minimum Gasteiger partial charge on any atom is -0.507 e. The van der Waals surface area contributed by atoms with Crippen LogP contribution in [0.3, 0.4) is 0 Å². The van der Waals surface area contributed by atoms with Gasteiger partial charge in [0.15, 0.2) is 0 Å². The summed E-state index contributed by atoms with van der Waals surface area (Å²) in [5, 5.41) is 9.81. The summed E-state index contributed by atoms with van der Waals surface area (Å²) >= 11 is 0. The van der Waals surface area contributed by atoms with Gasteiger partial charge in [-0.2, -0.15) is 0 Å². The minimum absolute atomic E-state index is 0.0161. The predicted molar refractivity (Wildman–Crippen MR) is 84.3 cm³/mol. The number of para-hydroxylation sites is 1. The summed E-state index contributed by atoms with van der Waals surface area (Å²) in [6.07, 6.45) is 1.76. The molecule has 0 amide bonds. The van der Waals surface area contributed by atoms with Crippen LogP contribution in [0, 0.1) is 5.41 Å². The van der Waals surface area contributed by atoms with Gasteiger partial charge in [0.2, 0.25) is 0 Å². The maximum absolute atomic E-state index is 9.81. The van der Waals surface area contributed by atoms with E-state index < -0.39 is 0 Å². The van der Waals surface area contributed by atoms with Gasteiger partial charge in [-0.25, -0.2) is 0 Å². The number of phenols is 1. The number of hydrogen-bond donors (Lipinski definition) is 1. The third-order valence-corrected chi connectivity index (χ3v) is 3.24. The molecule has 1 N–H and O–H groups in total. The van der Waals surface area contributed by atoms with Crippen molar-refractivity contribution in [2.24, 2.45) is 10.4 Å². The molecule has 0 radical (unpaired) electrons. The molecule has 2 rings (SSSR count). The first-order valence-corrected chi connectivity index (χ1v) is 6.84. The average Bonchev–Trinajstić information content (AvgIpc) is 2.41. The van der Waals surface area contributed by atoms with Gasteiger partial charge in [0, 0.05) is 11.8 Å². The monoisotopic (exact) mass is 267 g/mol. The zero-order valence-electron chi connectivity index (χ0n) is 12.2. The quantitative estimate of drug-likeness (QED) is 0.810. The lowest BCUT2D eigenvalue weighted by molar-refractivity contribution is 0.330. The Labute approximate surface area is 120 Å². The van der Waals surface area contributed by atoms with Gasteiger partial charge in [-0.15, -0.1) is 0 Å². The van der Waals surface area contributed by atoms with Gasteiger partial charge in [-0.1, -0.05) is 63.2 Å². The third-order valence-electron chi connectivity index (χ3n) is 3.24. The molecule has 20 heavy (non-hydrogen) atoms. The highest BCUT2D eigenvalue weighted by Gasteiger charge is 2.25. The van der Waals surface area contributed by atoms with Gasteiger partial charge < -0.3 is 5.11 Å². The molecule has 0 heterocycles. The second kappa shape index (κ2) is 5.91. The number of aliphatic imine (C=N–C) groups is 1. The van der Waals surface area contributed by atoms with E-state index in [0.717, 1.165) is 5.56 Å². The number of aromatic hydroxyl groups is 1. The number of benzene rings is 2. The van der Waals surface area contributed by atoms with Crippen LogP contribution in [-0.4, -0.2) is 11.3 Å². The van der Waals surface area contributed by atoms with Crippen LogP contribution in [-0.2, 0) is 0 Å². The van der Waals surface area contributed by atoms with E-state index in [4.69, 9.17) is 4.99 Å². The Balaban J connectivity index is 2.33. The standard InChI is InChI=1S/C18H21NO/c1-18(2,3)17(14-9-5-4-6-10-14)19-13-15-11-7-8-12-16(15)20/h4-13,17,20H,1-3H3/t17-/m0/s1. The third kappa shape index (κ3) is 3.47. The molecule has 0 spiro atoms. The van der Waals surface area contributed by atoms with Crippen molar-refractivity contribution < 1.29 is 5.11 Å². The molecule has 0 unspecified atom stereocenters. The van der Waals surface area contributed by atoms with Crippen molar-refractivity contribution in [3.05, 3.63) is 65.7 Å². The predicted octanol–water partition coefficient (Wildman–Crippen LogP) is 4.60. The largest absolute Gasteiger partial charge is 0.507 e. The van der Waals surface area contributed by atoms with Crippen molar-refractivity contribution in [1.29, 1.82) is 0 Å². The van der Waals surface area contributed by atoms with E-state index in [1.165, 1.54) is 5.56 Å². The summed E-state index contributed by atoms with van der Waals surface area (Å²) in [5.41, 5.74) is 1.95. The van der Waals surface area contributed by atoms with Crippen molar-refractivity contribution in [2.45, 2.75) is 26.8 Å². The van der Waals surface area contributed by atoms with Gasteiger partial charge in [0.25, 0.3) is 0 Å². The number of hydrogen-bond acceptors (Lipinski definition) is 2. The van der Waals surface area contributed by atoms with Crippen LogP contribution in [0.4, 0.5) is 0 Å². The zero-order chi connectivity index (χ0) is 14.6. The van der Waals surface area contributed by atoms with Crippen LogP contribution in [0.15, 0.2) is 59.6 Å². The zero-order valence-corrected chi connectivity index (χ0v) is 12.2. The smallest absolute Gasteiger partial charge is 0.124 e. The molecule has 0 aliphatic rings. The lowest BCUT2D eigenvalue weighted by Gasteiger charge is -2.27. The van der Waals surface area contributed by atoms with E-state index in [0.29, 0.717) is 0 Å². The van der Waals surface area contributed by atoms with Crippen molar-refractivity contribution in [3.63, 3.8) is 0 Å². The highest BCUT2D eigenvalue weighted by molar-refractivity contribution is 5.83. The van der Waals surface area contributed by atoms with Gasteiger partial charge in [-0.05, 0) is 23.1 Å². The molecular formula is C18H21NO. The van der Waals surface area contributed by atoms with E-state index in [2.05, 4.69) is 32.9 Å². The highest BCUT2D eigenvalue weighted by atomic mass is 16.3. The molecule has 2 nitrogen and oxygen atoms in total. The van der Waals surface area contributed by atoms with E-state index in [1.807, 2.05) is 36.4 Å². The van der Waals surface area contributed by atoms with E-state index >= 15 is 0 Å². The normalized spacial score (nSPS) is 13.6. The van der Waals surface area contributed by atoms with Crippen molar-refractivity contribution >= 4 is 6.21 Å². The molecule has 0 bridgehead atoms. The molecule has 0 aliphatic heterocycles. The molecule has 2 aromatic rings. The fourth-order valence-corrected chi connectivity index (χ4v) is 2.20. The first kappa shape index (κ1) is 14.3. The topological polar surface area (TPSA) is 32.6 Å². The van der Waals surface area contributed by atoms with Crippen LogP contribution in [0.25, 0.3) is 0 Å². The maximum atomic E-state index is 9.81. The van der Waals surface area contributed by atoms with Crippen LogP contribution >= 0.6 is 0 Å². The molecule has 0 saturated carbocycles. The first-order valence-electron chi connectivity index (χ1n) is 6.84. The fraction of sp³-hybridized carbons (Fsp3) is 0.278. The molecule has 104 valence electrons. The Bertz CT molecular complexity index is 582. The van der Waals surface area contributed by atoms with Crippen LogP contribution in [0.2, 0.25) is 0 Å². The van der Waals surface area contributed by atoms with Gasteiger partial charge in [0.05, 0.1) is 6.04 Å². The number of nitrogens with zero attached hydrogens (tertiary/aromatic N) is 1. The number of rotatable bonds is 3. The molecule has 0 fully saturated rings. The Morgan fingerprint density at radius 3 is 2.15 bits per heavy atom.